The van der Waals surface area contributed by atoms with E-state index in [1.165, 1.54) is 10.6 Å². The number of hydrogen-bond donors (Lipinski definition) is 2. The average Bonchev–Trinajstić information content (AvgIpc) is 3.03. The molecule has 26 heavy (non-hydrogen) atoms. The van der Waals surface area contributed by atoms with Crippen LogP contribution in [0.3, 0.4) is 0 Å². The van der Waals surface area contributed by atoms with Crippen molar-refractivity contribution in [1.29, 1.82) is 0 Å². The molecule has 10 heteroatoms. The minimum atomic E-state index is -0.460. The summed E-state index contributed by atoms with van der Waals surface area (Å²) in [6, 6.07) is 8.17. The maximum atomic E-state index is 12.2. The fourth-order valence-electron chi connectivity index (χ4n) is 2.50. The molecule has 0 saturated carbocycles. The maximum absolute atomic E-state index is 12.2. The van der Waals surface area contributed by atoms with Crippen LogP contribution in [0, 0.1) is 24.0 Å². The van der Waals surface area contributed by atoms with Crippen LogP contribution < -0.4 is 10.6 Å². The molecular weight excluding hydrogens is 338 g/mol. The quantitative estimate of drug-likeness (QED) is 0.389. The van der Waals surface area contributed by atoms with E-state index >= 15 is 0 Å². The van der Waals surface area contributed by atoms with Crippen LogP contribution >= 0.6 is 0 Å². The molecule has 0 aliphatic rings. The first-order valence-electron chi connectivity index (χ1n) is 7.92. The molecule has 134 valence electrons. The lowest BCUT2D eigenvalue weighted by molar-refractivity contribution is -0.384. The monoisotopic (exact) mass is 355 g/mol. The smallest absolute Gasteiger partial charge is 0.292 e. The first-order valence-corrected chi connectivity index (χ1v) is 7.92. The van der Waals surface area contributed by atoms with Gasteiger partial charge in [0.25, 0.3) is 17.4 Å². The minimum absolute atomic E-state index is 0.0160. The Balaban J connectivity index is 1.60. The Hall–Kier alpha value is -3.56. The van der Waals surface area contributed by atoms with Gasteiger partial charge in [0.1, 0.15) is 5.69 Å². The molecule has 2 aromatic heterocycles. The number of carbonyl (C=O) groups is 1. The number of amides is 1. The van der Waals surface area contributed by atoms with Gasteiger partial charge in [0.15, 0.2) is 0 Å². The van der Waals surface area contributed by atoms with E-state index in [4.69, 9.17) is 0 Å². The molecule has 0 aliphatic carbocycles. The van der Waals surface area contributed by atoms with E-state index in [0.717, 1.165) is 11.4 Å². The van der Waals surface area contributed by atoms with Gasteiger partial charge in [0, 0.05) is 30.5 Å². The standard InChI is InChI=1S/C16H17N7O3/c1-10-9-11(2)22-16(19-10)20-14(21-22)15(24)18-8-7-17-12-5-3-4-6-13(12)23(25)26/h3-6,9,17H,7-8H2,1-2H3,(H,18,24). The molecule has 0 bridgehead atoms. The van der Waals surface area contributed by atoms with Crippen molar-refractivity contribution < 1.29 is 9.72 Å². The molecule has 1 amide bonds. The topological polar surface area (TPSA) is 127 Å². The highest BCUT2D eigenvalue weighted by atomic mass is 16.6. The van der Waals surface area contributed by atoms with E-state index in [1.54, 1.807) is 18.2 Å². The summed E-state index contributed by atoms with van der Waals surface area (Å²) < 4.78 is 1.51. The first kappa shape index (κ1) is 17.3. The lowest BCUT2D eigenvalue weighted by atomic mass is 10.2. The zero-order valence-electron chi connectivity index (χ0n) is 14.3. The fourth-order valence-corrected chi connectivity index (χ4v) is 2.50. The number of nitro groups is 1. The number of nitrogens with zero attached hydrogens (tertiary/aromatic N) is 5. The van der Waals surface area contributed by atoms with Crippen LogP contribution in [-0.4, -0.2) is 43.5 Å². The van der Waals surface area contributed by atoms with E-state index in [1.807, 2.05) is 19.9 Å². The van der Waals surface area contributed by atoms with Gasteiger partial charge >= 0.3 is 0 Å². The van der Waals surface area contributed by atoms with Gasteiger partial charge in [0.05, 0.1) is 4.92 Å². The van der Waals surface area contributed by atoms with Crippen LogP contribution in [0.5, 0.6) is 0 Å². The van der Waals surface area contributed by atoms with Crippen LogP contribution in [-0.2, 0) is 0 Å². The summed E-state index contributed by atoms with van der Waals surface area (Å²) in [6.07, 6.45) is 0. The molecule has 0 aliphatic heterocycles. The van der Waals surface area contributed by atoms with Crippen molar-refractivity contribution in [3.05, 3.63) is 57.7 Å². The van der Waals surface area contributed by atoms with E-state index < -0.39 is 10.8 Å². The third-order valence-corrected chi connectivity index (χ3v) is 3.65. The van der Waals surface area contributed by atoms with Crippen molar-refractivity contribution in [1.82, 2.24) is 24.9 Å². The number of nitrogens with one attached hydrogen (secondary N) is 2. The Bertz CT molecular complexity index is 983. The Kier molecular flexibility index (Phi) is 4.74. The largest absolute Gasteiger partial charge is 0.378 e. The molecule has 1 aromatic carbocycles. The number of benzene rings is 1. The van der Waals surface area contributed by atoms with Crippen LogP contribution in [0.15, 0.2) is 30.3 Å². The number of aromatic nitrogens is 4. The number of hydrogen-bond acceptors (Lipinski definition) is 7. The fraction of sp³-hybridized carbons (Fsp3) is 0.250. The van der Waals surface area contributed by atoms with Crippen LogP contribution in [0.1, 0.15) is 22.0 Å². The highest BCUT2D eigenvalue weighted by molar-refractivity contribution is 5.90. The van der Waals surface area contributed by atoms with Crippen molar-refractivity contribution in [3.8, 4) is 0 Å². The summed E-state index contributed by atoms with van der Waals surface area (Å²) in [7, 11) is 0. The van der Waals surface area contributed by atoms with Gasteiger partial charge in [-0.2, -0.15) is 4.98 Å². The number of carbonyl (C=O) groups excluding carboxylic acids is 1. The van der Waals surface area contributed by atoms with Crippen LogP contribution in [0.25, 0.3) is 5.78 Å². The second kappa shape index (κ2) is 7.13. The Morgan fingerprint density at radius 1 is 1.23 bits per heavy atom. The molecule has 0 radical (unpaired) electrons. The Morgan fingerprint density at radius 2 is 2.00 bits per heavy atom. The molecule has 0 saturated heterocycles. The normalized spacial score (nSPS) is 10.7. The van der Waals surface area contributed by atoms with E-state index in [-0.39, 0.29) is 18.1 Å². The van der Waals surface area contributed by atoms with E-state index in [2.05, 4.69) is 25.7 Å². The van der Waals surface area contributed by atoms with Crippen molar-refractivity contribution in [3.63, 3.8) is 0 Å². The highest BCUT2D eigenvalue weighted by Crippen LogP contribution is 2.22. The Morgan fingerprint density at radius 3 is 2.77 bits per heavy atom. The van der Waals surface area contributed by atoms with Crippen molar-refractivity contribution in [2.75, 3.05) is 18.4 Å². The SMILES string of the molecule is Cc1cc(C)n2nc(C(=O)NCCNc3ccccc3[N+](=O)[O-])nc2n1. The lowest BCUT2D eigenvalue weighted by Gasteiger charge is -2.07. The summed E-state index contributed by atoms with van der Waals surface area (Å²) in [5.41, 5.74) is 2.01. The number of aryl methyl sites for hydroxylation is 2. The number of rotatable bonds is 6. The molecule has 0 atom stereocenters. The van der Waals surface area contributed by atoms with Gasteiger partial charge in [-0.05, 0) is 26.0 Å². The molecule has 2 N–H and O–H groups in total. The average molecular weight is 355 g/mol. The molecular formula is C16H17N7O3. The van der Waals surface area contributed by atoms with E-state index in [9.17, 15) is 14.9 Å². The zero-order valence-corrected chi connectivity index (χ0v) is 14.3. The number of para-hydroxylation sites is 2. The van der Waals surface area contributed by atoms with Crippen molar-refractivity contribution >= 4 is 23.1 Å². The molecule has 0 fully saturated rings. The maximum Gasteiger partial charge on any atom is 0.292 e. The van der Waals surface area contributed by atoms with Crippen LogP contribution in [0.4, 0.5) is 11.4 Å². The molecule has 3 rings (SSSR count). The minimum Gasteiger partial charge on any atom is -0.378 e. The summed E-state index contributed by atoms with van der Waals surface area (Å²) in [4.78, 5) is 31.0. The molecule has 0 unspecified atom stereocenters. The van der Waals surface area contributed by atoms with Gasteiger partial charge in [-0.15, -0.1) is 5.10 Å². The molecule has 3 aromatic rings. The molecule has 2 heterocycles. The van der Waals surface area contributed by atoms with Gasteiger partial charge in [-0.25, -0.2) is 9.50 Å². The van der Waals surface area contributed by atoms with E-state index in [0.29, 0.717) is 18.0 Å². The van der Waals surface area contributed by atoms with Gasteiger partial charge < -0.3 is 10.6 Å². The van der Waals surface area contributed by atoms with Crippen molar-refractivity contribution in [2.45, 2.75) is 13.8 Å². The third-order valence-electron chi connectivity index (χ3n) is 3.65. The predicted molar refractivity (Wildman–Crippen MR) is 94.2 cm³/mol. The second-order valence-electron chi connectivity index (χ2n) is 5.64. The molecule has 0 spiro atoms. The summed E-state index contributed by atoms with van der Waals surface area (Å²) in [5, 5.41) is 20.7. The van der Waals surface area contributed by atoms with Crippen LogP contribution in [0.2, 0.25) is 0 Å². The van der Waals surface area contributed by atoms with Gasteiger partial charge in [-0.1, -0.05) is 12.1 Å². The highest BCUT2D eigenvalue weighted by Gasteiger charge is 2.15. The number of fused-ring (bicyclic) bond motifs is 1. The first-order chi connectivity index (χ1) is 12.5. The summed E-state index contributed by atoms with van der Waals surface area (Å²) in [6.45, 7) is 4.27. The zero-order chi connectivity index (χ0) is 18.7. The second-order valence-corrected chi connectivity index (χ2v) is 5.64. The van der Waals surface area contributed by atoms with Crippen molar-refractivity contribution in [2.24, 2.45) is 0 Å². The number of nitro benzene ring substituents is 1. The summed E-state index contributed by atoms with van der Waals surface area (Å²) in [5.74, 6) is -0.0421. The number of anilines is 1. The lowest BCUT2D eigenvalue weighted by Crippen LogP contribution is -2.29. The summed E-state index contributed by atoms with van der Waals surface area (Å²) >= 11 is 0. The molecule has 10 nitrogen and oxygen atoms in total. The van der Waals surface area contributed by atoms with Gasteiger partial charge in [-0.3, -0.25) is 14.9 Å². The van der Waals surface area contributed by atoms with Gasteiger partial charge in [0.2, 0.25) is 5.82 Å². The Labute approximate surface area is 148 Å². The third kappa shape index (κ3) is 3.58. The predicted octanol–water partition coefficient (Wildman–Crippen LogP) is 1.49.